The van der Waals surface area contributed by atoms with E-state index in [2.05, 4.69) is 20.6 Å². The Morgan fingerprint density at radius 3 is 2.38 bits per heavy atom. The summed E-state index contributed by atoms with van der Waals surface area (Å²) in [5, 5.41) is 56.3. The minimum atomic E-state index is -1.79. The molecule has 0 aliphatic carbocycles. The highest BCUT2D eigenvalue weighted by molar-refractivity contribution is 7.71. The van der Waals surface area contributed by atoms with Crippen LogP contribution in [-0.2, 0) is 39.8 Å². The third-order valence-corrected chi connectivity index (χ3v) is 6.79. The molecule has 220 valence electrons. The molecule has 2 saturated heterocycles. The number of aliphatic carboxylic acids is 1. The Morgan fingerprint density at radius 1 is 1.15 bits per heavy atom. The zero-order chi connectivity index (χ0) is 29.0. The second kappa shape index (κ2) is 13.2. The van der Waals surface area contributed by atoms with Gasteiger partial charge in [-0.15, -0.1) is 0 Å². The van der Waals surface area contributed by atoms with E-state index in [0.29, 0.717) is 5.69 Å². The normalized spacial score (nSPS) is 35.7. The number of amides is 2. The summed E-state index contributed by atoms with van der Waals surface area (Å²) in [6, 6.07) is -2.40. The van der Waals surface area contributed by atoms with E-state index in [-0.39, 0.29) is 11.2 Å². The lowest BCUT2D eigenvalue weighted by atomic mass is 9.92. The molecule has 4 unspecified atom stereocenters. The summed E-state index contributed by atoms with van der Waals surface area (Å²) in [6.07, 6.45) is -11.8. The molecule has 2 aliphatic heterocycles. The number of aliphatic hydroxyl groups is 4. The Labute approximate surface area is 227 Å². The van der Waals surface area contributed by atoms with Gasteiger partial charge in [0.15, 0.2) is 17.2 Å². The number of carboxylic acid groups (broad SMARTS) is 1. The Kier molecular flexibility index (Phi) is 10.5. The van der Waals surface area contributed by atoms with Crippen LogP contribution in [-0.4, -0.2) is 134 Å². The van der Waals surface area contributed by atoms with Crippen molar-refractivity contribution in [3.8, 4) is 0 Å². The van der Waals surface area contributed by atoms with Gasteiger partial charge >= 0.3 is 5.97 Å². The van der Waals surface area contributed by atoms with Gasteiger partial charge in [0.1, 0.15) is 42.7 Å². The summed E-state index contributed by atoms with van der Waals surface area (Å²) >= 11 is 4.93. The molecule has 2 amide bonds. The highest BCUT2D eigenvalue weighted by atomic mass is 32.1. The summed E-state index contributed by atoms with van der Waals surface area (Å²) in [4.78, 5) is 42.2. The van der Waals surface area contributed by atoms with Crippen LogP contribution in [0.5, 0.6) is 0 Å². The Bertz CT molecular complexity index is 1070. The number of hydrogen-bond donors (Lipinski definition) is 9. The first-order valence-electron chi connectivity index (χ1n) is 12.1. The van der Waals surface area contributed by atoms with E-state index < -0.39 is 91.6 Å². The van der Waals surface area contributed by atoms with Gasteiger partial charge < -0.3 is 65.1 Å². The maximum atomic E-state index is 13.2. The lowest BCUT2D eigenvalue weighted by molar-refractivity contribution is -0.325. The van der Waals surface area contributed by atoms with Crippen LogP contribution in [0.1, 0.15) is 19.5 Å². The maximum absolute atomic E-state index is 13.2. The van der Waals surface area contributed by atoms with E-state index in [1.807, 2.05) is 0 Å². The number of carboxylic acids is 1. The fourth-order valence-corrected chi connectivity index (χ4v) is 4.81. The summed E-state index contributed by atoms with van der Waals surface area (Å²) in [6.45, 7) is 2.21. The molecule has 3 rings (SSSR count). The average molecular weight is 579 g/mol. The third-order valence-electron chi connectivity index (χ3n) is 6.57. The summed E-state index contributed by atoms with van der Waals surface area (Å²) in [5.74, 6) is -2.84. The van der Waals surface area contributed by atoms with Gasteiger partial charge in [-0.05, 0) is 19.1 Å². The van der Waals surface area contributed by atoms with E-state index in [1.165, 1.54) is 13.1 Å². The molecule has 16 nitrogen and oxygen atoms in total. The van der Waals surface area contributed by atoms with Crippen molar-refractivity contribution in [3.05, 3.63) is 16.7 Å². The first-order chi connectivity index (χ1) is 18.4. The zero-order valence-corrected chi connectivity index (χ0v) is 22.2. The van der Waals surface area contributed by atoms with Crippen LogP contribution < -0.4 is 10.6 Å². The molecule has 0 bridgehead atoms. The monoisotopic (exact) mass is 578 g/mol. The quantitative estimate of drug-likeness (QED) is 0.124. The van der Waals surface area contributed by atoms with Crippen LogP contribution in [0.3, 0.4) is 0 Å². The molecule has 1 aromatic heterocycles. The highest BCUT2D eigenvalue weighted by Gasteiger charge is 2.52. The Hall–Kier alpha value is -2.48. The number of hydrogen-bond acceptors (Lipinski definition) is 12. The van der Waals surface area contributed by atoms with Gasteiger partial charge in [0.2, 0.25) is 5.91 Å². The van der Waals surface area contributed by atoms with Crippen LogP contribution in [0.4, 0.5) is 0 Å². The van der Waals surface area contributed by atoms with Gasteiger partial charge in [-0.1, -0.05) is 0 Å². The molecule has 0 aromatic carbocycles. The summed E-state index contributed by atoms with van der Waals surface area (Å²) in [5.41, 5.74) is 0.405. The van der Waals surface area contributed by atoms with Gasteiger partial charge in [-0.2, -0.15) is 0 Å². The van der Waals surface area contributed by atoms with Crippen molar-refractivity contribution in [1.82, 2.24) is 20.6 Å². The number of aromatic amines is 2. The fourth-order valence-electron chi connectivity index (χ4n) is 4.62. The van der Waals surface area contributed by atoms with Crippen molar-refractivity contribution in [1.29, 1.82) is 0 Å². The number of aliphatic hydroxyl groups excluding tert-OH is 4. The molecule has 11 atom stereocenters. The van der Waals surface area contributed by atoms with Gasteiger partial charge in [0, 0.05) is 32.3 Å². The number of carbonyl (C=O) groups excluding carboxylic acids is 2. The molecule has 3 heterocycles. The molecule has 0 spiro atoms. The predicted molar refractivity (Wildman–Crippen MR) is 131 cm³/mol. The molecule has 2 fully saturated rings. The van der Waals surface area contributed by atoms with Gasteiger partial charge in [-0.3, -0.25) is 9.59 Å². The molecule has 2 aliphatic rings. The zero-order valence-electron chi connectivity index (χ0n) is 21.3. The van der Waals surface area contributed by atoms with E-state index in [1.54, 1.807) is 6.92 Å². The first-order valence-corrected chi connectivity index (χ1v) is 12.5. The standard InChI is InChI=1S/C22H34N4O12S/c1-7-12(24-8(2)28)16(13(29)11(6-27)36-7)37-21-15(31)14(30)17(35-3)18(38-21)19(32)26-10(20(33)34)4-9-5-23-22(39)25-9/h5,7,10-18,21,27,29-31H,4,6H2,1-3H3,(H,24,28)(H,26,32)(H,33,34)(H2,23,25,39)/t7-,10-,11?,12?,13+,14+,15?,16+,17-,18?,21+/m0/s1. The van der Waals surface area contributed by atoms with Crippen LogP contribution in [0.15, 0.2) is 6.20 Å². The largest absolute Gasteiger partial charge is 0.480 e. The number of ether oxygens (including phenoxy) is 4. The molecule has 17 heteroatoms. The number of rotatable bonds is 10. The van der Waals surface area contributed by atoms with Crippen molar-refractivity contribution in [2.45, 2.75) is 87.5 Å². The highest BCUT2D eigenvalue weighted by Crippen LogP contribution is 2.30. The molecule has 39 heavy (non-hydrogen) atoms. The molecule has 9 N–H and O–H groups in total. The Balaban J connectivity index is 1.82. The van der Waals surface area contributed by atoms with Gasteiger partial charge in [0.25, 0.3) is 5.91 Å². The summed E-state index contributed by atoms with van der Waals surface area (Å²) in [7, 11) is 1.16. The Morgan fingerprint density at radius 2 is 1.85 bits per heavy atom. The number of nitrogens with one attached hydrogen (secondary N) is 4. The maximum Gasteiger partial charge on any atom is 0.326 e. The number of methoxy groups -OCH3 is 1. The molecule has 1 aromatic rings. The van der Waals surface area contributed by atoms with Crippen molar-refractivity contribution < 1.29 is 58.9 Å². The number of imidazole rings is 1. The number of aromatic nitrogens is 2. The van der Waals surface area contributed by atoms with Gasteiger partial charge in [0.05, 0.1) is 18.8 Å². The minimum absolute atomic E-state index is 0.170. The number of carbonyl (C=O) groups is 3. The predicted octanol–water partition coefficient (Wildman–Crippen LogP) is -3.32. The molecular weight excluding hydrogens is 544 g/mol. The van der Waals surface area contributed by atoms with Crippen molar-refractivity contribution in [3.63, 3.8) is 0 Å². The summed E-state index contributed by atoms with van der Waals surface area (Å²) < 4.78 is 22.4. The third kappa shape index (κ3) is 7.19. The van der Waals surface area contributed by atoms with Crippen molar-refractivity contribution in [2.24, 2.45) is 0 Å². The van der Waals surface area contributed by atoms with Crippen LogP contribution >= 0.6 is 12.2 Å². The topological polar surface area (TPSA) is 245 Å². The van der Waals surface area contributed by atoms with Crippen LogP contribution in [0.25, 0.3) is 0 Å². The SMILES string of the molecule is CO[C@@H]1C(C(=O)N[C@@H](Cc2c[nH]c(=S)[nH]2)C(=O)O)O[C@@H](O[C@@H]2C(NC(C)=O)[C@H](C)OC(CO)[C@H]2O)C(O)[C@H]1O. The first kappa shape index (κ1) is 31.1. The second-order valence-electron chi connectivity index (χ2n) is 9.36. The number of H-pyrrole nitrogens is 2. The van der Waals surface area contributed by atoms with Gasteiger partial charge in [-0.25, -0.2) is 4.79 Å². The van der Waals surface area contributed by atoms with Crippen molar-refractivity contribution in [2.75, 3.05) is 13.7 Å². The lowest BCUT2D eigenvalue weighted by Gasteiger charge is -2.47. The fraction of sp³-hybridized carbons (Fsp3) is 0.727. The van der Waals surface area contributed by atoms with E-state index >= 15 is 0 Å². The molecule has 0 saturated carbocycles. The average Bonchev–Trinajstić information content (AvgIpc) is 3.29. The van der Waals surface area contributed by atoms with Crippen LogP contribution in [0.2, 0.25) is 0 Å². The van der Waals surface area contributed by atoms with E-state index in [0.717, 1.165) is 7.11 Å². The minimum Gasteiger partial charge on any atom is -0.480 e. The van der Waals surface area contributed by atoms with Crippen molar-refractivity contribution >= 4 is 30.0 Å². The van der Waals surface area contributed by atoms with E-state index in [4.69, 9.17) is 31.2 Å². The molecular formula is C22H34N4O12S. The smallest absolute Gasteiger partial charge is 0.326 e. The second-order valence-corrected chi connectivity index (χ2v) is 9.77. The van der Waals surface area contributed by atoms with E-state index in [9.17, 15) is 39.9 Å². The molecule has 0 radical (unpaired) electrons. The van der Waals surface area contributed by atoms with Crippen LogP contribution in [0, 0.1) is 4.77 Å². The lowest BCUT2D eigenvalue weighted by Crippen LogP contribution is -2.68.